The molecule has 0 aliphatic heterocycles. The molecule has 76 valence electrons. The molecule has 0 spiro atoms. The lowest BCUT2D eigenvalue weighted by Gasteiger charge is -2.03. The zero-order valence-electron chi connectivity index (χ0n) is 8.66. The molecule has 0 amide bonds. The van der Waals surface area contributed by atoms with Crippen molar-refractivity contribution in [2.45, 2.75) is 13.8 Å². The summed E-state index contributed by atoms with van der Waals surface area (Å²) in [7, 11) is 0. The molecular weight excluding hydrogens is 191 g/mol. The third-order valence-electron chi connectivity index (χ3n) is 2.10. The summed E-state index contributed by atoms with van der Waals surface area (Å²) in [6, 6.07) is 7.19. The highest BCUT2D eigenvalue weighted by molar-refractivity contribution is 5.57. The fraction of sp³-hybridized carbons (Fsp3) is 0.167. The Bertz CT molecular complexity index is 474. The van der Waals surface area contributed by atoms with Crippen LogP contribution in [0.25, 0.3) is 11.4 Å². The van der Waals surface area contributed by atoms with E-state index >= 15 is 0 Å². The first-order chi connectivity index (χ1) is 7.15. The van der Waals surface area contributed by atoms with Crippen LogP contribution in [0.3, 0.4) is 0 Å². The van der Waals surface area contributed by atoms with Gasteiger partial charge in [-0.2, -0.15) is 9.37 Å². The van der Waals surface area contributed by atoms with E-state index in [0.29, 0.717) is 5.82 Å². The van der Waals surface area contributed by atoms with Crippen LogP contribution in [0, 0.1) is 19.8 Å². The molecule has 1 heterocycles. The average molecular weight is 202 g/mol. The van der Waals surface area contributed by atoms with Crippen LogP contribution in [-0.2, 0) is 0 Å². The Morgan fingerprint density at radius 1 is 1.07 bits per heavy atom. The van der Waals surface area contributed by atoms with E-state index in [1.807, 2.05) is 26.0 Å². The molecule has 2 nitrogen and oxygen atoms in total. The topological polar surface area (TPSA) is 25.8 Å². The first kappa shape index (κ1) is 9.77. The largest absolute Gasteiger partial charge is 0.236 e. The maximum absolute atomic E-state index is 12.9. The molecule has 0 N–H and O–H groups in total. The molecule has 1 aromatic carbocycles. The second-order valence-corrected chi connectivity index (χ2v) is 3.58. The van der Waals surface area contributed by atoms with Crippen molar-refractivity contribution in [1.29, 1.82) is 0 Å². The van der Waals surface area contributed by atoms with Crippen molar-refractivity contribution in [3.8, 4) is 11.4 Å². The van der Waals surface area contributed by atoms with Gasteiger partial charge >= 0.3 is 0 Å². The molecule has 0 saturated heterocycles. The summed E-state index contributed by atoms with van der Waals surface area (Å²) >= 11 is 0. The molecule has 0 bridgehead atoms. The van der Waals surface area contributed by atoms with E-state index in [-0.39, 0.29) is 0 Å². The van der Waals surface area contributed by atoms with Gasteiger partial charge in [-0.3, -0.25) is 0 Å². The molecule has 0 aliphatic carbocycles. The van der Waals surface area contributed by atoms with E-state index in [1.165, 1.54) is 12.3 Å². The van der Waals surface area contributed by atoms with Gasteiger partial charge in [0.25, 0.3) is 0 Å². The second kappa shape index (κ2) is 3.77. The van der Waals surface area contributed by atoms with Gasteiger partial charge in [-0.15, -0.1) is 0 Å². The molecule has 0 unspecified atom stereocenters. The summed E-state index contributed by atoms with van der Waals surface area (Å²) in [5, 5.41) is 0. The summed E-state index contributed by atoms with van der Waals surface area (Å²) in [4.78, 5) is 7.79. The van der Waals surface area contributed by atoms with Gasteiger partial charge in [0, 0.05) is 17.8 Å². The molecule has 0 atom stereocenters. The lowest BCUT2D eigenvalue weighted by atomic mass is 10.1. The Labute approximate surface area is 87.8 Å². The lowest BCUT2D eigenvalue weighted by molar-refractivity contribution is 0.581. The van der Waals surface area contributed by atoms with E-state index in [1.54, 1.807) is 0 Å². The SMILES string of the molecule is Cc1cc(C)cc(-c2nccc(F)n2)c1. The van der Waals surface area contributed by atoms with Gasteiger partial charge in [0.15, 0.2) is 5.82 Å². The molecule has 2 aromatic rings. The third-order valence-corrected chi connectivity index (χ3v) is 2.10. The first-order valence-electron chi connectivity index (χ1n) is 4.72. The molecule has 0 radical (unpaired) electrons. The number of rotatable bonds is 1. The van der Waals surface area contributed by atoms with Crippen molar-refractivity contribution in [2.24, 2.45) is 0 Å². The van der Waals surface area contributed by atoms with Crippen LogP contribution in [0.1, 0.15) is 11.1 Å². The highest BCUT2D eigenvalue weighted by atomic mass is 19.1. The average Bonchev–Trinajstić information content (AvgIpc) is 2.16. The number of halogens is 1. The highest BCUT2D eigenvalue weighted by Gasteiger charge is 2.03. The van der Waals surface area contributed by atoms with Crippen molar-refractivity contribution in [3.05, 3.63) is 47.5 Å². The van der Waals surface area contributed by atoms with Gasteiger partial charge in [0.05, 0.1) is 0 Å². The van der Waals surface area contributed by atoms with E-state index in [9.17, 15) is 4.39 Å². The van der Waals surface area contributed by atoms with E-state index in [2.05, 4.69) is 16.0 Å². The van der Waals surface area contributed by atoms with Gasteiger partial charge in [-0.1, -0.05) is 17.2 Å². The van der Waals surface area contributed by atoms with Gasteiger partial charge < -0.3 is 0 Å². The highest BCUT2D eigenvalue weighted by Crippen LogP contribution is 2.18. The summed E-state index contributed by atoms with van der Waals surface area (Å²) < 4.78 is 12.9. The minimum Gasteiger partial charge on any atom is -0.236 e. The smallest absolute Gasteiger partial charge is 0.216 e. The van der Waals surface area contributed by atoms with Crippen LogP contribution >= 0.6 is 0 Å². The van der Waals surface area contributed by atoms with Crippen molar-refractivity contribution >= 4 is 0 Å². The van der Waals surface area contributed by atoms with E-state index < -0.39 is 5.95 Å². The number of benzene rings is 1. The quantitative estimate of drug-likeness (QED) is 0.664. The lowest BCUT2D eigenvalue weighted by Crippen LogP contribution is -1.92. The normalized spacial score (nSPS) is 10.3. The van der Waals surface area contributed by atoms with Crippen LogP contribution in [-0.4, -0.2) is 9.97 Å². The van der Waals surface area contributed by atoms with Crippen molar-refractivity contribution in [1.82, 2.24) is 9.97 Å². The van der Waals surface area contributed by atoms with Crippen molar-refractivity contribution in [3.63, 3.8) is 0 Å². The van der Waals surface area contributed by atoms with Crippen LogP contribution in [0.15, 0.2) is 30.5 Å². The molecular formula is C12H11FN2. The first-order valence-corrected chi connectivity index (χ1v) is 4.72. The maximum atomic E-state index is 12.9. The Hall–Kier alpha value is -1.77. The van der Waals surface area contributed by atoms with Crippen molar-refractivity contribution < 1.29 is 4.39 Å². The fourth-order valence-electron chi connectivity index (χ4n) is 1.58. The summed E-state index contributed by atoms with van der Waals surface area (Å²) in [5.74, 6) is -0.0686. The Morgan fingerprint density at radius 3 is 2.33 bits per heavy atom. The van der Waals surface area contributed by atoms with Crippen LogP contribution in [0.5, 0.6) is 0 Å². The molecule has 1 aromatic heterocycles. The zero-order valence-corrected chi connectivity index (χ0v) is 8.66. The molecule has 0 aliphatic rings. The van der Waals surface area contributed by atoms with Crippen LogP contribution < -0.4 is 0 Å². The van der Waals surface area contributed by atoms with Gasteiger partial charge in [-0.25, -0.2) is 4.98 Å². The Balaban J connectivity index is 2.54. The summed E-state index contributed by atoms with van der Waals surface area (Å²) in [6.07, 6.45) is 1.43. The number of aryl methyl sites for hydroxylation is 2. The third kappa shape index (κ3) is 2.18. The van der Waals surface area contributed by atoms with E-state index in [4.69, 9.17) is 0 Å². The molecule has 15 heavy (non-hydrogen) atoms. The number of hydrogen-bond acceptors (Lipinski definition) is 2. The minimum atomic E-state index is -0.501. The van der Waals surface area contributed by atoms with Crippen molar-refractivity contribution in [2.75, 3.05) is 0 Å². The predicted molar refractivity (Wildman–Crippen MR) is 56.9 cm³/mol. The summed E-state index contributed by atoms with van der Waals surface area (Å²) in [6.45, 7) is 3.99. The molecule has 0 saturated carbocycles. The zero-order chi connectivity index (χ0) is 10.8. The van der Waals surface area contributed by atoms with Crippen LogP contribution in [0.4, 0.5) is 4.39 Å². The summed E-state index contributed by atoms with van der Waals surface area (Å²) in [5.41, 5.74) is 3.10. The number of nitrogens with zero attached hydrogens (tertiary/aromatic N) is 2. The molecule has 3 heteroatoms. The molecule has 0 fully saturated rings. The monoisotopic (exact) mass is 202 g/mol. The minimum absolute atomic E-state index is 0.432. The standard InChI is InChI=1S/C12H11FN2/c1-8-5-9(2)7-10(6-8)12-14-4-3-11(13)15-12/h3-7H,1-2H3. The number of aromatic nitrogens is 2. The maximum Gasteiger partial charge on any atom is 0.216 e. The number of hydrogen-bond donors (Lipinski definition) is 0. The second-order valence-electron chi connectivity index (χ2n) is 3.58. The van der Waals surface area contributed by atoms with Crippen LogP contribution in [0.2, 0.25) is 0 Å². The van der Waals surface area contributed by atoms with E-state index in [0.717, 1.165) is 16.7 Å². The predicted octanol–water partition coefficient (Wildman–Crippen LogP) is 2.90. The van der Waals surface area contributed by atoms with Gasteiger partial charge in [0.2, 0.25) is 5.95 Å². The Kier molecular flexibility index (Phi) is 2.46. The fourth-order valence-corrected chi connectivity index (χ4v) is 1.58. The van der Waals surface area contributed by atoms with Gasteiger partial charge in [-0.05, 0) is 26.0 Å². The Morgan fingerprint density at radius 2 is 1.73 bits per heavy atom. The van der Waals surface area contributed by atoms with Gasteiger partial charge in [0.1, 0.15) is 0 Å². The molecule has 2 rings (SSSR count).